The van der Waals surface area contributed by atoms with E-state index in [9.17, 15) is 4.79 Å². The van der Waals surface area contributed by atoms with Crippen LogP contribution in [0.4, 0.5) is 0 Å². The molecular weight excluding hydrogens is 148 g/mol. The zero-order valence-corrected chi connectivity index (χ0v) is 6.23. The number of aromatic amines is 1. The zero-order valence-electron chi connectivity index (χ0n) is 5.42. The summed E-state index contributed by atoms with van der Waals surface area (Å²) in [6.45, 7) is 1.82. The van der Waals surface area contributed by atoms with E-state index in [2.05, 4.69) is 5.10 Å². The van der Waals surface area contributed by atoms with Crippen molar-refractivity contribution in [2.45, 2.75) is 6.92 Å². The number of aryl methyl sites for hydroxylation is 1. The largest absolute Gasteiger partial charge is 0.268 e. The predicted octanol–water partition coefficient (Wildman–Crippen LogP) is 0.998. The lowest BCUT2D eigenvalue weighted by atomic mass is 10.4. The highest BCUT2D eigenvalue weighted by atomic mass is 32.1. The van der Waals surface area contributed by atoms with Gasteiger partial charge in [-0.1, -0.05) is 0 Å². The average molecular weight is 154 g/mol. The van der Waals surface area contributed by atoms with Crippen molar-refractivity contribution in [2.75, 3.05) is 0 Å². The van der Waals surface area contributed by atoms with Crippen molar-refractivity contribution in [3.63, 3.8) is 0 Å². The lowest BCUT2D eigenvalue weighted by Crippen LogP contribution is -2.01. The topological polar surface area (TPSA) is 37.3 Å². The van der Waals surface area contributed by atoms with Gasteiger partial charge < -0.3 is 0 Å². The summed E-state index contributed by atoms with van der Waals surface area (Å²) in [7, 11) is 0. The highest BCUT2D eigenvalue weighted by Gasteiger charge is 2.02. The van der Waals surface area contributed by atoms with Gasteiger partial charge in [0, 0.05) is 11.6 Å². The number of aromatic nitrogens is 2. The second-order valence-electron chi connectivity index (χ2n) is 2.14. The molecule has 2 heterocycles. The van der Waals surface area contributed by atoms with Crippen LogP contribution in [-0.2, 0) is 0 Å². The molecule has 0 bridgehead atoms. The number of nitrogens with one attached hydrogen (secondary N) is 1. The van der Waals surface area contributed by atoms with Gasteiger partial charge in [0.1, 0.15) is 4.83 Å². The molecule has 0 saturated carbocycles. The third-order valence-electron chi connectivity index (χ3n) is 1.49. The fraction of sp³-hybridized carbons (Fsp3) is 0.167. The van der Waals surface area contributed by atoms with E-state index in [-0.39, 0.29) is 5.56 Å². The van der Waals surface area contributed by atoms with Gasteiger partial charge in [-0.15, -0.1) is 11.3 Å². The van der Waals surface area contributed by atoms with Gasteiger partial charge in [-0.05, 0) is 6.92 Å². The summed E-state index contributed by atoms with van der Waals surface area (Å²) in [6.07, 6.45) is 1.84. The first-order chi connectivity index (χ1) is 4.79. The van der Waals surface area contributed by atoms with E-state index in [4.69, 9.17) is 0 Å². The maximum Gasteiger partial charge on any atom is 0.268 e. The minimum atomic E-state index is 0.00634. The SMILES string of the molecule is Cc1c(=O)[nH]n2ccsc12. The molecule has 52 valence electrons. The molecule has 4 heteroatoms. The summed E-state index contributed by atoms with van der Waals surface area (Å²) in [6, 6.07) is 0. The molecule has 0 aliphatic rings. The van der Waals surface area contributed by atoms with Gasteiger partial charge in [-0.2, -0.15) is 0 Å². The number of fused-ring (bicyclic) bond motifs is 1. The third kappa shape index (κ3) is 0.565. The van der Waals surface area contributed by atoms with Crippen molar-refractivity contribution in [2.24, 2.45) is 0 Å². The number of hydrogen-bond acceptors (Lipinski definition) is 2. The molecule has 2 aromatic rings. The van der Waals surface area contributed by atoms with Crippen molar-refractivity contribution < 1.29 is 0 Å². The number of thiazole rings is 1. The number of rotatable bonds is 0. The molecule has 0 amide bonds. The molecule has 0 radical (unpaired) electrons. The predicted molar refractivity (Wildman–Crippen MR) is 40.6 cm³/mol. The van der Waals surface area contributed by atoms with Crippen LogP contribution in [-0.4, -0.2) is 9.61 Å². The number of nitrogens with zero attached hydrogens (tertiary/aromatic N) is 1. The Balaban J connectivity index is 3.09. The molecule has 3 nitrogen and oxygen atoms in total. The summed E-state index contributed by atoms with van der Waals surface area (Å²) < 4.78 is 1.74. The van der Waals surface area contributed by atoms with Crippen LogP contribution >= 0.6 is 11.3 Å². The fourth-order valence-corrected chi connectivity index (χ4v) is 1.73. The van der Waals surface area contributed by atoms with Crippen molar-refractivity contribution in [3.8, 4) is 0 Å². The molecule has 0 fully saturated rings. The van der Waals surface area contributed by atoms with Gasteiger partial charge in [0.15, 0.2) is 0 Å². The summed E-state index contributed by atoms with van der Waals surface area (Å²) in [5, 5.41) is 4.62. The molecule has 0 saturated heterocycles. The lowest BCUT2D eigenvalue weighted by Gasteiger charge is -1.77. The van der Waals surface area contributed by atoms with Crippen LogP contribution in [0, 0.1) is 6.92 Å². The Hall–Kier alpha value is -1.03. The first-order valence-corrected chi connectivity index (χ1v) is 3.81. The lowest BCUT2D eigenvalue weighted by molar-refractivity contribution is 0.950. The van der Waals surface area contributed by atoms with E-state index < -0.39 is 0 Å². The summed E-state index contributed by atoms with van der Waals surface area (Å²) >= 11 is 1.57. The summed E-state index contributed by atoms with van der Waals surface area (Å²) in [5.41, 5.74) is 0.807. The molecule has 2 aromatic heterocycles. The molecule has 0 aromatic carbocycles. The van der Waals surface area contributed by atoms with Crippen LogP contribution in [0.1, 0.15) is 5.56 Å². The number of H-pyrrole nitrogens is 1. The Kier molecular flexibility index (Phi) is 0.990. The average Bonchev–Trinajstić information content (AvgIpc) is 2.41. The first-order valence-electron chi connectivity index (χ1n) is 2.93. The van der Waals surface area contributed by atoms with E-state index in [0.29, 0.717) is 0 Å². The number of hydrogen-bond donors (Lipinski definition) is 1. The summed E-state index contributed by atoms with van der Waals surface area (Å²) in [5.74, 6) is 0. The normalized spacial score (nSPS) is 10.9. The minimum Gasteiger partial charge on any atom is -0.268 e. The van der Waals surface area contributed by atoms with Crippen LogP contribution in [0.25, 0.3) is 4.83 Å². The smallest absolute Gasteiger partial charge is 0.268 e. The van der Waals surface area contributed by atoms with Crippen LogP contribution in [0.15, 0.2) is 16.4 Å². The van der Waals surface area contributed by atoms with Crippen molar-refractivity contribution >= 4 is 16.2 Å². The fourth-order valence-electron chi connectivity index (χ4n) is 0.928. The molecule has 0 aliphatic carbocycles. The van der Waals surface area contributed by atoms with Crippen molar-refractivity contribution in [1.29, 1.82) is 0 Å². The van der Waals surface area contributed by atoms with Crippen molar-refractivity contribution in [3.05, 3.63) is 27.5 Å². The molecule has 0 spiro atoms. The second-order valence-corrected chi connectivity index (χ2v) is 3.04. The standard InChI is InChI=1S/C6H6N2OS/c1-4-5(9)7-8-2-3-10-6(4)8/h2-3H,1H3,(H,7,9). The van der Waals surface area contributed by atoms with Crippen LogP contribution < -0.4 is 5.56 Å². The van der Waals surface area contributed by atoms with E-state index in [0.717, 1.165) is 10.4 Å². The molecule has 2 rings (SSSR count). The quantitative estimate of drug-likeness (QED) is 0.603. The maximum absolute atomic E-state index is 10.9. The minimum absolute atomic E-state index is 0.00634. The van der Waals surface area contributed by atoms with Crippen LogP contribution in [0.3, 0.4) is 0 Å². The van der Waals surface area contributed by atoms with E-state index >= 15 is 0 Å². The van der Waals surface area contributed by atoms with E-state index in [1.165, 1.54) is 0 Å². The van der Waals surface area contributed by atoms with Gasteiger partial charge in [0.2, 0.25) is 0 Å². The monoisotopic (exact) mass is 154 g/mol. The Morgan fingerprint density at radius 2 is 2.50 bits per heavy atom. The molecule has 0 atom stereocenters. The molecule has 10 heavy (non-hydrogen) atoms. The maximum atomic E-state index is 10.9. The molecule has 0 unspecified atom stereocenters. The van der Waals surface area contributed by atoms with Gasteiger partial charge in [0.25, 0.3) is 5.56 Å². The molecule has 0 aliphatic heterocycles. The van der Waals surface area contributed by atoms with Crippen molar-refractivity contribution in [1.82, 2.24) is 9.61 Å². The zero-order chi connectivity index (χ0) is 7.14. The molecular formula is C6H6N2OS. The highest BCUT2D eigenvalue weighted by molar-refractivity contribution is 7.15. The first kappa shape index (κ1) is 5.73. The Labute approximate surface area is 60.9 Å². The third-order valence-corrected chi connectivity index (χ3v) is 2.48. The van der Waals surface area contributed by atoms with Crippen LogP contribution in [0.5, 0.6) is 0 Å². The van der Waals surface area contributed by atoms with Crippen LogP contribution in [0.2, 0.25) is 0 Å². The second kappa shape index (κ2) is 1.73. The Morgan fingerprint density at radius 3 is 3.20 bits per heavy atom. The highest BCUT2D eigenvalue weighted by Crippen LogP contribution is 2.11. The Morgan fingerprint density at radius 1 is 1.70 bits per heavy atom. The van der Waals surface area contributed by atoms with Gasteiger partial charge in [-0.3, -0.25) is 9.89 Å². The van der Waals surface area contributed by atoms with E-state index in [1.807, 2.05) is 18.5 Å². The van der Waals surface area contributed by atoms with E-state index in [1.54, 1.807) is 15.9 Å². The Bertz CT molecular complexity index is 408. The van der Waals surface area contributed by atoms with Gasteiger partial charge >= 0.3 is 0 Å². The summed E-state index contributed by atoms with van der Waals surface area (Å²) in [4.78, 5) is 11.9. The van der Waals surface area contributed by atoms with Gasteiger partial charge in [0.05, 0.1) is 5.56 Å². The molecule has 1 N–H and O–H groups in total. The van der Waals surface area contributed by atoms with Gasteiger partial charge in [-0.25, -0.2) is 4.52 Å².